The highest BCUT2D eigenvalue weighted by Crippen LogP contribution is 2.53. The van der Waals surface area contributed by atoms with Crippen molar-refractivity contribution in [1.29, 1.82) is 5.26 Å². The van der Waals surface area contributed by atoms with Gasteiger partial charge in [-0.1, -0.05) is 129 Å². The number of nitriles is 1. The van der Waals surface area contributed by atoms with Gasteiger partial charge in [-0.2, -0.15) is 5.26 Å². The number of para-hydroxylation sites is 3. The standard InChI is InChI=1S/C57H35N5/c1-57(2)44-20-10-6-16-38(44)41-26-29-51-55(56(41)57)42-19-9-13-23-48(42)62(51)53-30-35(33-58)52(32-45(53)59-3)61-49-28-25-36(31-43(49)54-37-15-5-4-14-34(37)24-27-50(54)61)60-46-21-11-7-17-39(46)40-18-8-12-22-47(40)60/h4-32H,1-2H3. The summed E-state index contributed by atoms with van der Waals surface area (Å²) in [5.41, 5.74) is 14.6. The molecule has 0 spiro atoms. The summed E-state index contributed by atoms with van der Waals surface area (Å²) in [5, 5.41) is 20.4. The van der Waals surface area contributed by atoms with Gasteiger partial charge in [0, 0.05) is 43.4 Å². The van der Waals surface area contributed by atoms with Crippen molar-refractivity contribution in [3.63, 3.8) is 0 Å². The average Bonchev–Trinajstić information content (AvgIpc) is 4.02. The molecule has 0 aliphatic heterocycles. The molecule has 5 heteroatoms. The second kappa shape index (κ2) is 12.3. The molecule has 0 fully saturated rings. The van der Waals surface area contributed by atoms with Gasteiger partial charge in [0.1, 0.15) is 6.07 Å². The molecular formula is C57H35N5. The minimum absolute atomic E-state index is 0.229. The molecule has 12 aromatic rings. The second-order valence-electron chi connectivity index (χ2n) is 17.1. The average molecular weight is 790 g/mol. The van der Waals surface area contributed by atoms with Crippen LogP contribution in [0.1, 0.15) is 30.5 Å². The van der Waals surface area contributed by atoms with E-state index in [9.17, 15) is 5.26 Å². The Kier molecular flexibility index (Phi) is 6.86. The third-order valence-electron chi connectivity index (χ3n) is 13.6. The van der Waals surface area contributed by atoms with Gasteiger partial charge in [0.2, 0.25) is 5.69 Å². The fourth-order valence-electron chi connectivity index (χ4n) is 11.1. The monoisotopic (exact) mass is 789 g/mol. The van der Waals surface area contributed by atoms with Gasteiger partial charge >= 0.3 is 0 Å². The first-order valence-corrected chi connectivity index (χ1v) is 21.0. The van der Waals surface area contributed by atoms with Crippen molar-refractivity contribution in [3.8, 4) is 34.3 Å². The van der Waals surface area contributed by atoms with Crippen LogP contribution in [0.3, 0.4) is 0 Å². The minimum atomic E-state index is -0.229. The molecule has 13 rings (SSSR count). The highest BCUT2D eigenvalue weighted by Gasteiger charge is 2.38. The molecule has 3 aromatic heterocycles. The van der Waals surface area contributed by atoms with Gasteiger partial charge in [-0.05, 0) is 93.7 Å². The predicted octanol–water partition coefficient (Wildman–Crippen LogP) is 14.9. The summed E-state index contributed by atoms with van der Waals surface area (Å²) < 4.78 is 6.76. The van der Waals surface area contributed by atoms with E-state index in [1.54, 1.807) is 0 Å². The van der Waals surface area contributed by atoms with Crippen LogP contribution in [0.5, 0.6) is 0 Å². The number of nitrogens with zero attached hydrogens (tertiary/aromatic N) is 5. The first-order chi connectivity index (χ1) is 30.5. The molecule has 1 aliphatic carbocycles. The lowest BCUT2D eigenvalue weighted by Crippen LogP contribution is -2.15. The number of fused-ring (bicyclic) bond motifs is 15. The van der Waals surface area contributed by atoms with Crippen LogP contribution in [0.25, 0.3) is 109 Å². The molecule has 0 bridgehead atoms. The van der Waals surface area contributed by atoms with E-state index in [4.69, 9.17) is 6.57 Å². The summed E-state index contributed by atoms with van der Waals surface area (Å²) in [5.74, 6) is 0. The molecule has 288 valence electrons. The summed E-state index contributed by atoms with van der Waals surface area (Å²) in [4.78, 5) is 4.24. The topological polar surface area (TPSA) is 42.9 Å². The number of rotatable bonds is 3. The second-order valence-corrected chi connectivity index (χ2v) is 17.1. The maximum absolute atomic E-state index is 11.2. The van der Waals surface area contributed by atoms with Gasteiger partial charge in [-0.25, -0.2) is 4.85 Å². The largest absolute Gasteiger partial charge is 0.319 e. The molecule has 0 saturated carbocycles. The quantitative estimate of drug-likeness (QED) is 0.164. The zero-order chi connectivity index (χ0) is 41.4. The van der Waals surface area contributed by atoms with Crippen molar-refractivity contribution >= 4 is 81.9 Å². The van der Waals surface area contributed by atoms with Crippen LogP contribution < -0.4 is 0 Å². The van der Waals surface area contributed by atoms with Gasteiger partial charge < -0.3 is 13.7 Å². The fraction of sp³-hybridized carbons (Fsp3) is 0.0526. The van der Waals surface area contributed by atoms with Crippen LogP contribution in [0, 0.1) is 17.9 Å². The van der Waals surface area contributed by atoms with Crippen molar-refractivity contribution in [2.45, 2.75) is 19.3 Å². The Balaban J connectivity index is 1.09. The van der Waals surface area contributed by atoms with Crippen LogP contribution in [-0.2, 0) is 5.41 Å². The lowest BCUT2D eigenvalue weighted by molar-refractivity contribution is 0.666. The van der Waals surface area contributed by atoms with Crippen LogP contribution in [0.15, 0.2) is 176 Å². The maximum atomic E-state index is 11.2. The van der Waals surface area contributed by atoms with E-state index in [-0.39, 0.29) is 5.41 Å². The van der Waals surface area contributed by atoms with E-state index in [1.807, 2.05) is 12.1 Å². The molecule has 0 unspecified atom stereocenters. The summed E-state index contributed by atoms with van der Waals surface area (Å²) in [6, 6.07) is 64.8. The van der Waals surface area contributed by atoms with E-state index >= 15 is 0 Å². The molecule has 0 radical (unpaired) electrons. The normalized spacial score (nSPS) is 13.1. The molecule has 0 N–H and O–H groups in total. The van der Waals surface area contributed by atoms with Crippen LogP contribution in [0.2, 0.25) is 0 Å². The first kappa shape index (κ1) is 34.5. The minimum Gasteiger partial charge on any atom is -0.319 e. The molecule has 0 saturated heterocycles. The number of hydrogen-bond acceptors (Lipinski definition) is 1. The van der Waals surface area contributed by atoms with Gasteiger partial charge in [-0.3, -0.25) is 0 Å². The Hall–Kier alpha value is -8.38. The van der Waals surface area contributed by atoms with E-state index < -0.39 is 0 Å². The highest BCUT2D eigenvalue weighted by atomic mass is 15.0. The van der Waals surface area contributed by atoms with Gasteiger partial charge in [-0.15, -0.1) is 0 Å². The predicted molar refractivity (Wildman–Crippen MR) is 256 cm³/mol. The van der Waals surface area contributed by atoms with Crippen molar-refractivity contribution in [2.75, 3.05) is 0 Å². The smallest absolute Gasteiger partial charge is 0.212 e. The summed E-state index contributed by atoms with van der Waals surface area (Å²) in [7, 11) is 0. The Morgan fingerprint density at radius 2 is 1.06 bits per heavy atom. The fourth-order valence-corrected chi connectivity index (χ4v) is 11.1. The van der Waals surface area contributed by atoms with Crippen molar-refractivity contribution in [1.82, 2.24) is 13.7 Å². The summed E-state index contributed by atoms with van der Waals surface area (Å²) in [6.45, 7) is 13.4. The molecule has 1 aliphatic rings. The van der Waals surface area contributed by atoms with Gasteiger partial charge in [0.25, 0.3) is 0 Å². The van der Waals surface area contributed by atoms with Crippen molar-refractivity contribution in [2.24, 2.45) is 0 Å². The molecular weight excluding hydrogens is 755 g/mol. The van der Waals surface area contributed by atoms with E-state index in [0.717, 1.165) is 65.7 Å². The van der Waals surface area contributed by atoms with Crippen molar-refractivity contribution in [3.05, 3.63) is 204 Å². The van der Waals surface area contributed by atoms with Crippen molar-refractivity contribution < 1.29 is 0 Å². The van der Waals surface area contributed by atoms with Crippen LogP contribution >= 0.6 is 0 Å². The zero-order valence-corrected chi connectivity index (χ0v) is 34.0. The third kappa shape index (κ3) is 4.39. The molecule has 62 heavy (non-hydrogen) atoms. The van der Waals surface area contributed by atoms with Crippen LogP contribution in [0.4, 0.5) is 5.69 Å². The summed E-state index contributed by atoms with van der Waals surface area (Å²) >= 11 is 0. The van der Waals surface area contributed by atoms with Gasteiger partial charge in [0.15, 0.2) is 0 Å². The van der Waals surface area contributed by atoms with E-state index in [2.05, 4.69) is 202 Å². The number of benzene rings is 9. The SMILES string of the molecule is [C-]#[N+]c1cc(-n2c3ccc(-n4c5ccccc5c5ccccc54)cc3c3c4ccccc4ccc32)c(C#N)cc1-n1c2ccccc2c2c3c(ccc21)-c1ccccc1C3(C)C. The summed E-state index contributed by atoms with van der Waals surface area (Å²) in [6.07, 6.45) is 0. The Labute approximate surface area is 357 Å². The van der Waals surface area contributed by atoms with E-state index in [1.165, 1.54) is 38.4 Å². The highest BCUT2D eigenvalue weighted by molar-refractivity contribution is 6.22. The Morgan fingerprint density at radius 3 is 1.81 bits per heavy atom. The molecule has 0 atom stereocenters. The van der Waals surface area contributed by atoms with E-state index in [0.29, 0.717) is 22.6 Å². The molecule has 5 nitrogen and oxygen atoms in total. The first-order valence-electron chi connectivity index (χ1n) is 21.0. The molecule has 0 amide bonds. The number of hydrogen-bond donors (Lipinski definition) is 0. The Morgan fingerprint density at radius 1 is 0.484 bits per heavy atom. The molecule has 9 aromatic carbocycles. The maximum Gasteiger partial charge on any atom is 0.212 e. The third-order valence-corrected chi connectivity index (χ3v) is 13.6. The van der Waals surface area contributed by atoms with Gasteiger partial charge in [0.05, 0.1) is 56.6 Å². The van der Waals surface area contributed by atoms with Crippen LogP contribution in [-0.4, -0.2) is 13.7 Å². The lowest BCUT2D eigenvalue weighted by atomic mass is 9.80. The number of aromatic nitrogens is 3. The lowest BCUT2D eigenvalue weighted by Gasteiger charge is -2.22. The Bertz CT molecular complexity index is 3990. The zero-order valence-electron chi connectivity index (χ0n) is 34.0. The molecule has 3 heterocycles.